The van der Waals surface area contributed by atoms with Crippen LogP contribution in [-0.4, -0.2) is 42.9 Å². The van der Waals surface area contributed by atoms with Crippen LogP contribution in [0.3, 0.4) is 0 Å². The third kappa shape index (κ3) is 5.51. The van der Waals surface area contributed by atoms with Gasteiger partial charge in [-0.15, -0.1) is 6.58 Å². The van der Waals surface area contributed by atoms with E-state index in [4.69, 9.17) is 23.2 Å². The molecule has 2 rings (SSSR count). The summed E-state index contributed by atoms with van der Waals surface area (Å²) in [5.74, 6) is -0.0305. The maximum atomic E-state index is 12.1. The number of nitrogens with zero attached hydrogens (tertiary/aromatic N) is 1. The fourth-order valence-electron chi connectivity index (χ4n) is 2.65. The molecule has 1 aromatic rings. The second-order valence-electron chi connectivity index (χ2n) is 5.76. The van der Waals surface area contributed by atoms with Crippen LogP contribution in [0.2, 0.25) is 10.0 Å². The van der Waals surface area contributed by atoms with Gasteiger partial charge in [0.25, 0.3) is 0 Å². The number of carbonyl (C=O) groups excluding carboxylic acids is 2. The lowest BCUT2D eigenvalue weighted by atomic mass is 9.96. The highest BCUT2D eigenvalue weighted by molar-refractivity contribution is 6.42. The third-order valence-corrected chi connectivity index (χ3v) is 4.69. The van der Waals surface area contributed by atoms with Crippen molar-refractivity contribution in [3.63, 3.8) is 0 Å². The Morgan fingerprint density at radius 2 is 1.96 bits per heavy atom. The Morgan fingerprint density at radius 1 is 1.25 bits per heavy atom. The van der Waals surface area contributed by atoms with Crippen molar-refractivity contribution in [2.24, 2.45) is 5.92 Å². The molecule has 1 aliphatic heterocycles. The first kappa shape index (κ1) is 18.8. The first-order chi connectivity index (χ1) is 11.5. The van der Waals surface area contributed by atoms with Gasteiger partial charge in [0, 0.05) is 18.2 Å². The quantitative estimate of drug-likeness (QED) is 0.757. The van der Waals surface area contributed by atoms with Crippen LogP contribution in [0.5, 0.6) is 0 Å². The van der Waals surface area contributed by atoms with E-state index in [9.17, 15) is 9.59 Å². The van der Waals surface area contributed by atoms with Crippen LogP contribution in [0, 0.1) is 5.92 Å². The lowest BCUT2D eigenvalue weighted by Gasteiger charge is -2.30. The summed E-state index contributed by atoms with van der Waals surface area (Å²) in [4.78, 5) is 26.1. The first-order valence-corrected chi connectivity index (χ1v) is 8.61. The van der Waals surface area contributed by atoms with E-state index in [-0.39, 0.29) is 17.7 Å². The summed E-state index contributed by atoms with van der Waals surface area (Å²) in [6.07, 6.45) is 3.17. The van der Waals surface area contributed by atoms with E-state index in [0.717, 1.165) is 25.9 Å². The highest BCUT2D eigenvalue weighted by Crippen LogP contribution is 2.25. The number of hydrogen-bond acceptors (Lipinski definition) is 3. The lowest BCUT2D eigenvalue weighted by molar-refractivity contribution is -0.126. The number of benzene rings is 1. The number of piperidine rings is 1. The molecule has 1 saturated heterocycles. The van der Waals surface area contributed by atoms with Crippen LogP contribution in [-0.2, 0) is 9.59 Å². The normalized spacial score (nSPS) is 15.8. The number of rotatable bonds is 6. The minimum Gasteiger partial charge on any atom is -0.352 e. The smallest absolute Gasteiger partial charge is 0.238 e. The summed E-state index contributed by atoms with van der Waals surface area (Å²) in [7, 11) is 0. The zero-order valence-electron chi connectivity index (χ0n) is 13.4. The lowest BCUT2D eigenvalue weighted by Crippen LogP contribution is -2.43. The van der Waals surface area contributed by atoms with Gasteiger partial charge >= 0.3 is 0 Å². The van der Waals surface area contributed by atoms with Gasteiger partial charge in [0.05, 0.1) is 16.6 Å². The highest BCUT2D eigenvalue weighted by atomic mass is 35.5. The van der Waals surface area contributed by atoms with Gasteiger partial charge in [0.2, 0.25) is 11.8 Å². The van der Waals surface area contributed by atoms with E-state index in [1.54, 1.807) is 24.3 Å². The molecule has 0 aromatic heterocycles. The van der Waals surface area contributed by atoms with Gasteiger partial charge in [-0.2, -0.15) is 0 Å². The second kappa shape index (κ2) is 9.06. The Bertz CT molecular complexity index is 614. The Balaban J connectivity index is 1.76. The fourth-order valence-corrected chi connectivity index (χ4v) is 2.95. The Morgan fingerprint density at radius 3 is 2.58 bits per heavy atom. The maximum Gasteiger partial charge on any atom is 0.238 e. The molecule has 0 bridgehead atoms. The molecule has 0 unspecified atom stereocenters. The zero-order chi connectivity index (χ0) is 17.5. The van der Waals surface area contributed by atoms with Crippen molar-refractivity contribution in [2.75, 3.05) is 31.5 Å². The molecule has 1 aliphatic rings. The van der Waals surface area contributed by atoms with E-state index in [1.807, 2.05) is 4.90 Å². The monoisotopic (exact) mass is 369 g/mol. The van der Waals surface area contributed by atoms with Crippen molar-refractivity contribution in [1.82, 2.24) is 10.2 Å². The van der Waals surface area contributed by atoms with E-state index in [1.165, 1.54) is 0 Å². The van der Waals surface area contributed by atoms with Crippen molar-refractivity contribution >= 4 is 40.7 Å². The number of halogens is 2. The van der Waals surface area contributed by atoms with Gasteiger partial charge in [-0.25, -0.2) is 0 Å². The zero-order valence-corrected chi connectivity index (χ0v) is 14.9. The molecule has 2 amide bonds. The van der Waals surface area contributed by atoms with Crippen LogP contribution in [0.4, 0.5) is 5.69 Å². The highest BCUT2D eigenvalue weighted by Gasteiger charge is 2.25. The number of anilines is 1. The SMILES string of the molecule is C=CCNC(=O)C1CCN(CC(=O)Nc2ccc(Cl)c(Cl)c2)CC1. The van der Waals surface area contributed by atoms with Gasteiger partial charge in [0.15, 0.2) is 0 Å². The summed E-state index contributed by atoms with van der Waals surface area (Å²) >= 11 is 11.8. The van der Waals surface area contributed by atoms with Crippen LogP contribution >= 0.6 is 23.2 Å². The summed E-state index contributed by atoms with van der Waals surface area (Å²) in [6, 6.07) is 4.98. The molecule has 2 N–H and O–H groups in total. The summed E-state index contributed by atoms with van der Waals surface area (Å²) in [6.45, 7) is 5.81. The maximum absolute atomic E-state index is 12.1. The fraction of sp³-hybridized carbons (Fsp3) is 0.412. The molecule has 5 nitrogen and oxygen atoms in total. The van der Waals surface area contributed by atoms with Crippen molar-refractivity contribution in [3.8, 4) is 0 Å². The largest absolute Gasteiger partial charge is 0.352 e. The van der Waals surface area contributed by atoms with Crippen LogP contribution < -0.4 is 10.6 Å². The van der Waals surface area contributed by atoms with Gasteiger partial charge in [-0.3, -0.25) is 14.5 Å². The van der Waals surface area contributed by atoms with E-state index < -0.39 is 0 Å². The van der Waals surface area contributed by atoms with E-state index in [2.05, 4.69) is 17.2 Å². The van der Waals surface area contributed by atoms with Crippen molar-refractivity contribution < 1.29 is 9.59 Å². The molecule has 0 spiro atoms. The second-order valence-corrected chi connectivity index (χ2v) is 6.58. The molecule has 24 heavy (non-hydrogen) atoms. The van der Waals surface area contributed by atoms with Crippen LogP contribution in [0.15, 0.2) is 30.9 Å². The number of amides is 2. The molecule has 1 heterocycles. The average molecular weight is 370 g/mol. The van der Waals surface area contributed by atoms with E-state index >= 15 is 0 Å². The molecule has 130 valence electrons. The number of hydrogen-bond donors (Lipinski definition) is 2. The minimum absolute atomic E-state index is 0.0133. The molecule has 1 aromatic carbocycles. The summed E-state index contributed by atoms with van der Waals surface area (Å²) in [5, 5.41) is 6.48. The average Bonchev–Trinajstić information content (AvgIpc) is 2.56. The molecule has 0 saturated carbocycles. The van der Waals surface area contributed by atoms with Gasteiger partial charge in [0.1, 0.15) is 0 Å². The summed E-state index contributed by atoms with van der Waals surface area (Å²) < 4.78 is 0. The minimum atomic E-state index is -0.108. The molecule has 0 aliphatic carbocycles. The predicted molar refractivity (Wildman–Crippen MR) is 97.5 cm³/mol. The number of nitrogens with one attached hydrogen (secondary N) is 2. The van der Waals surface area contributed by atoms with E-state index in [0.29, 0.717) is 28.8 Å². The summed E-state index contributed by atoms with van der Waals surface area (Å²) in [5.41, 5.74) is 0.619. The van der Waals surface area contributed by atoms with Crippen LogP contribution in [0.1, 0.15) is 12.8 Å². The van der Waals surface area contributed by atoms with Gasteiger partial charge in [-0.1, -0.05) is 29.3 Å². The Labute approximate surface area is 152 Å². The van der Waals surface area contributed by atoms with Gasteiger partial charge < -0.3 is 10.6 Å². The molecular formula is C17H21Cl2N3O2. The molecule has 0 atom stereocenters. The molecule has 7 heteroatoms. The van der Waals surface area contributed by atoms with Gasteiger partial charge in [-0.05, 0) is 44.1 Å². The number of likely N-dealkylation sites (tertiary alicyclic amines) is 1. The molecule has 0 radical (unpaired) electrons. The number of carbonyl (C=O) groups is 2. The first-order valence-electron chi connectivity index (χ1n) is 7.85. The Kier molecular flexibility index (Phi) is 7.09. The van der Waals surface area contributed by atoms with Crippen LogP contribution in [0.25, 0.3) is 0 Å². The van der Waals surface area contributed by atoms with Crippen molar-refractivity contribution in [3.05, 3.63) is 40.9 Å². The topological polar surface area (TPSA) is 61.4 Å². The third-order valence-electron chi connectivity index (χ3n) is 3.95. The predicted octanol–water partition coefficient (Wildman–Crippen LogP) is 2.95. The van der Waals surface area contributed by atoms with Crippen molar-refractivity contribution in [1.29, 1.82) is 0 Å². The molecular weight excluding hydrogens is 349 g/mol. The van der Waals surface area contributed by atoms with Crippen molar-refractivity contribution in [2.45, 2.75) is 12.8 Å². The standard InChI is InChI=1S/C17H21Cl2N3O2/c1-2-7-20-17(24)12-5-8-22(9-6-12)11-16(23)21-13-3-4-14(18)15(19)10-13/h2-4,10,12H,1,5-9,11H2,(H,20,24)(H,21,23). The Hall–Kier alpha value is -1.56. The molecule has 1 fully saturated rings.